The third-order valence-electron chi connectivity index (χ3n) is 0. The van der Waals surface area contributed by atoms with Gasteiger partial charge in [-0.05, 0) is 0 Å². The van der Waals surface area contributed by atoms with Crippen LogP contribution in [0.4, 0.5) is 0 Å². The molecule has 0 saturated carbocycles. The van der Waals surface area contributed by atoms with Gasteiger partial charge in [0.25, 0.3) is 0 Å². The zero-order chi connectivity index (χ0) is 0. The van der Waals surface area contributed by atoms with E-state index in [1.54, 1.807) is 0 Å². The first-order valence-electron chi connectivity index (χ1n) is 0. The van der Waals surface area contributed by atoms with Gasteiger partial charge in [-0.3, -0.25) is 0 Å². The van der Waals surface area contributed by atoms with Crippen LogP contribution in [0.2, 0.25) is 0 Å². The molecule has 4 nitrogen and oxygen atoms in total. The largest absolute Gasteiger partial charge is 0.412 e. The average molecular weight is 251 g/mol. The first-order valence-corrected chi connectivity index (χ1v) is 0. The molecule has 0 unspecified atom stereocenters. The van der Waals surface area contributed by atoms with Gasteiger partial charge >= 0.3 is 0 Å². The quantitative estimate of drug-likeness (QED) is 0.388. The Morgan fingerprint density at radius 1 is 0.429 bits per heavy atom. The summed E-state index contributed by atoms with van der Waals surface area (Å²) < 4.78 is 0. The molecule has 0 aliphatic rings. The molecule has 42 valence electrons. The fraction of sp³-hybridized carbons (Fsp3) is 0. The number of hydrogen-bond donors (Lipinski definition) is 0. The molecule has 7 heteroatoms. The molecule has 0 aromatic carbocycles. The van der Waals surface area contributed by atoms with Crippen LogP contribution >= 0.6 is 0 Å². The minimum Gasteiger partial charge on any atom is -0.412 e. The van der Waals surface area contributed by atoms with Crippen molar-refractivity contribution in [1.82, 2.24) is 0 Å². The van der Waals surface area contributed by atoms with Crippen LogP contribution in [-0.2, 0) is 19.5 Å². The first kappa shape index (κ1) is 72.9. The Morgan fingerprint density at radius 3 is 0.429 bits per heavy atom. The van der Waals surface area contributed by atoms with E-state index in [0.29, 0.717) is 0 Å². The molecule has 0 amide bonds. The van der Waals surface area contributed by atoms with Gasteiger partial charge in [-0.25, -0.2) is 0 Å². The molecule has 0 aromatic rings. The van der Waals surface area contributed by atoms with Crippen molar-refractivity contribution in [1.29, 1.82) is 0 Å². The molecule has 2 radical (unpaired) electrons. The van der Waals surface area contributed by atoms with Crippen molar-refractivity contribution in [3.63, 3.8) is 0 Å². The molecule has 0 aliphatic heterocycles. The van der Waals surface area contributed by atoms with E-state index in [4.69, 9.17) is 0 Å². The first-order chi connectivity index (χ1) is 0. The minimum atomic E-state index is 0. The molecule has 8 N–H and O–H groups in total. The Morgan fingerprint density at radius 2 is 0.429 bits per heavy atom. The molecule has 0 saturated heterocycles. The van der Waals surface area contributed by atoms with E-state index in [-0.39, 0.29) is 144 Å². The molecule has 0 bridgehead atoms. The topological polar surface area (TPSA) is 126 Å². The van der Waals surface area contributed by atoms with Gasteiger partial charge in [0.2, 0.25) is 0 Å². The Bertz CT molecular complexity index is 9.65. The Labute approximate surface area is 140 Å². The molecule has 0 atom stereocenters. The summed E-state index contributed by atoms with van der Waals surface area (Å²) in [5, 5.41) is 0. The van der Waals surface area contributed by atoms with Gasteiger partial charge in [0.05, 0.1) is 0 Å². The van der Waals surface area contributed by atoms with Gasteiger partial charge in [-0.15, -0.1) is 0 Å². The van der Waals surface area contributed by atoms with Crippen LogP contribution in [0, 0.1) is 0 Å². The third-order valence-corrected chi connectivity index (χ3v) is 0. The number of hydrogen-bond acceptors (Lipinski definition) is 0. The zero-order valence-electron chi connectivity index (χ0n) is 4.35. The van der Waals surface area contributed by atoms with Crippen molar-refractivity contribution in [2.75, 3.05) is 0 Å². The minimum absolute atomic E-state index is 0. The van der Waals surface area contributed by atoms with Gasteiger partial charge in [0.15, 0.2) is 0 Å². The fourth-order valence-corrected chi connectivity index (χ4v) is 0. The van der Waals surface area contributed by atoms with E-state index >= 15 is 0 Å². The Kier molecular flexibility index (Phi) is 554. The van der Waals surface area contributed by atoms with E-state index in [0.717, 1.165) is 0 Å². The van der Waals surface area contributed by atoms with Crippen LogP contribution in [0.25, 0.3) is 0 Å². The summed E-state index contributed by atoms with van der Waals surface area (Å²) in [5.41, 5.74) is 0. The SMILES string of the molecule is O.O.O.O.[K].[K].[Ru]. The summed E-state index contributed by atoms with van der Waals surface area (Å²) in [7, 11) is 0. The average Bonchev–Trinajstić information content (AvgIpc) is 0. The summed E-state index contributed by atoms with van der Waals surface area (Å²) in [6.07, 6.45) is 0. The summed E-state index contributed by atoms with van der Waals surface area (Å²) in [4.78, 5) is 0. The maximum absolute atomic E-state index is 0. The molecule has 0 fully saturated rings. The maximum atomic E-state index is 0. The van der Waals surface area contributed by atoms with Crippen molar-refractivity contribution in [3.8, 4) is 0 Å². The Hall–Kier alpha value is 3.74. The van der Waals surface area contributed by atoms with Crippen molar-refractivity contribution in [3.05, 3.63) is 0 Å². The monoisotopic (exact) mass is 252 g/mol. The van der Waals surface area contributed by atoms with Gasteiger partial charge in [-0.2, -0.15) is 0 Å². The predicted molar refractivity (Wildman–Crippen MR) is 26.0 cm³/mol. The van der Waals surface area contributed by atoms with Crippen molar-refractivity contribution < 1.29 is 41.4 Å². The molecule has 0 heterocycles. The Balaban J connectivity index is 0. The summed E-state index contributed by atoms with van der Waals surface area (Å²) in [5.74, 6) is 0. The summed E-state index contributed by atoms with van der Waals surface area (Å²) in [6, 6.07) is 0. The van der Waals surface area contributed by atoms with Crippen LogP contribution in [0.5, 0.6) is 0 Å². The van der Waals surface area contributed by atoms with Crippen molar-refractivity contribution in [2.24, 2.45) is 0 Å². The summed E-state index contributed by atoms with van der Waals surface area (Å²) >= 11 is 0. The standard InChI is InChI=1S/2K.4H2O.Ru/h;;4*1H2;. The van der Waals surface area contributed by atoms with E-state index in [1.807, 2.05) is 0 Å². The van der Waals surface area contributed by atoms with E-state index in [2.05, 4.69) is 0 Å². The normalized spacial score (nSPS) is 0. The maximum Gasteiger partial charge on any atom is 0 e. The number of rotatable bonds is 0. The second-order valence-corrected chi connectivity index (χ2v) is 0. The second kappa shape index (κ2) is 53.2. The molecule has 0 rings (SSSR count). The van der Waals surface area contributed by atoms with Crippen molar-refractivity contribution in [2.45, 2.75) is 0 Å². The molecule has 7 heavy (non-hydrogen) atoms. The molecule has 0 aromatic heterocycles. The van der Waals surface area contributed by atoms with Gasteiger partial charge < -0.3 is 21.9 Å². The molecule has 0 spiro atoms. The molecule has 0 aliphatic carbocycles. The molecular formula is H8K2O4Ru. The van der Waals surface area contributed by atoms with Gasteiger partial charge in [-0.1, -0.05) is 0 Å². The zero-order valence-corrected chi connectivity index (χ0v) is 12.3. The predicted octanol–water partition coefficient (Wildman–Crippen LogP) is -4.06. The van der Waals surface area contributed by atoms with Crippen LogP contribution in [-0.4, -0.2) is 125 Å². The van der Waals surface area contributed by atoms with Crippen molar-refractivity contribution >= 4 is 103 Å². The smallest absolute Gasteiger partial charge is 0 e. The van der Waals surface area contributed by atoms with Crippen LogP contribution in [0.1, 0.15) is 0 Å². The van der Waals surface area contributed by atoms with E-state index < -0.39 is 0 Å². The fourth-order valence-electron chi connectivity index (χ4n) is 0. The second-order valence-electron chi connectivity index (χ2n) is 0. The van der Waals surface area contributed by atoms with E-state index in [9.17, 15) is 0 Å². The van der Waals surface area contributed by atoms with Gasteiger partial charge in [0.1, 0.15) is 0 Å². The van der Waals surface area contributed by atoms with Crippen LogP contribution in [0.15, 0.2) is 0 Å². The molecular weight excluding hydrogens is 243 g/mol. The van der Waals surface area contributed by atoms with E-state index in [1.165, 1.54) is 0 Å². The summed E-state index contributed by atoms with van der Waals surface area (Å²) in [6.45, 7) is 0. The third kappa shape index (κ3) is 41.7. The van der Waals surface area contributed by atoms with Crippen LogP contribution in [0.3, 0.4) is 0 Å². The van der Waals surface area contributed by atoms with Gasteiger partial charge in [0, 0.05) is 122 Å². The van der Waals surface area contributed by atoms with Crippen LogP contribution < -0.4 is 0 Å².